The van der Waals surface area contributed by atoms with Crippen LogP contribution < -0.4 is 5.32 Å². The molecule has 1 unspecified atom stereocenters. The Bertz CT molecular complexity index is 540. The summed E-state index contributed by atoms with van der Waals surface area (Å²) in [5.41, 5.74) is 0.765. The van der Waals surface area contributed by atoms with E-state index in [0.29, 0.717) is 24.7 Å². The van der Waals surface area contributed by atoms with Crippen molar-refractivity contribution >= 4 is 5.95 Å². The molecule has 0 saturated carbocycles. The summed E-state index contributed by atoms with van der Waals surface area (Å²) >= 11 is 0. The van der Waals surface area contributed by atoms with Gasteiger partial charge in [-0.1, -0.05) is 0 Å². The molecule has 0 radical (unpaired) electrons. The second-order valence-corrected chi connectivity index (χ2v) is 4.06. The topological polar surface area (TPSA) is 55.6 Å². The molecule has 2 aromatic heterocycles. The maximum atomic E-state index is 12.9. The first-order valence-corrected chi connectivity index (χ1v) is 5.64. The molecular weight excluding hydrogens is 240 g/mol. The molecule has 1 N–H and O–H groups in total. The van der Waals surface area contributed by atoms with E-state index in [-0.39, 0.29) is 0 Å². The van der Waals surface area contributed by atoms with Gasteiger partial charge < -0.3 is 5.32 Å². The largest absolute Gasteiger partial charge is 0.354 e. The van der Waals surface area contributed by atoms with Crippen LogP contribution in [0.15, 0.2) is 24.5 Å². The highest BCUT2D eigenvalue weighted by Gasteiger charge is 2.30. The van der Waals surface area contributed by atoms with E-state index in [0.717, 1.165) is 5.56 Å². The van der Waals surface area contributed by atoms with Crippen LogP contribution in [0, 0.1) is 0 Å². The van der Waals surface area contributed by atoms with Crippen LogP contribution in [0.25, 0.3) is 11.4 Å². The van der Waals surface area contributed by atoms with Gasteiger partial charge in [0.15, 0.2) is 5.82 Å². The fraction of sp³-hybridized carbons (Fsp3) is 0.364. The van der Waals surface area contributed by atoms with Crippen molar-refractivity contribution in [2.75, 3.05) is 11.9 Å². The third kappa shape index (κ3) is 1.81. The molecule has 3 rings (SSSR count). The zero-order valence-corrected chi connectivity index (χ0v) is 9.42. The van der Waals surface area contributed by atoms with Gasteiger partial charge in [-0.15, -0.1) is 5.10 Å². The summed E-state index contributed by atoms with van der Waals surface area (Å²) in [6.45, 7) is 0.490. The highest BCUT2D eigenvalue weighted by molar-refractivity contribution is 5.55. The Balaban J connectivity index is 2.01. The van der Waals surface area contributed by atoms with E-state index in [1.807, 2.05) is 0 Å². The van der Waals surface area contributed by atoms with Crippen molar-refractivity contribution in [1.82, 2.24) is 19.7 Å². The van der Waals surface area contributed by atoms with Crippen molar-refractivity contribution in [2.24, 2.45) is 0 Å². The molecule has 1 aliphatic rings. The normalized spacial score (nSPS) is 18.5. The molecule has 0 saturated heterocycles. The zero-order valence-electron chi connectivity index (χ0n) is 9.42. The number of nitrogens with zero attached hydrogens (tertiary/aromatic N) is 4. The van der Waals surface area contributed by atoms with Gasteiger partial charge in [0.05, 0.1) is 0 Å². The van der Waals surface area contributed by atoms with Gasteiger partial charge in [0.2, 0.25) is 5.95 Å². The monoisotopic (exact) mass is 251 g/mol. The lowest BCUT2D eigenvalue weighted by Crippen LogP contribution is -2.28. The van der Waals surface area contributed by atoms with Crippen molar-refractivity contribution in [2.45, 2.75) is 18.9 Å². The number of hydrogen-bond donors (Lipinski definition) is 1. The molecule has 1 atom stereocenters. The molecule has 0 spiro atoms. The van der Waals surface area contributed by atoms with E-state index in [9.17, 15) is 8.78 Å². The van der Waals surface area contributed by atoms with Crippen LogP contribution in [0.3, 0.4) is 0 Å². The first-order valence-electron chi connectivity index (χ1n) is 5.64. The van der Waals surface area contributed by atoms with E-state index < -0.39 is 12.5 Å². The minimum atomic E-state index is -2.43. The van der Waals surface area contributed by atoms with Crippen LogP contribution in [-0.2, 0) is 0 Å². The number of pyridine rings is 1. The Morgan fingerprint density at radius 1 is 1.33 bits per heavy atom. The lowest BCUT2D eigenvalue weighted by molar-refractivity contribution is 0.0714. The average molecular weight is 251 g/mol. The van der Waals surface area contributed by atoms with Crippen LogP contribution in [0.1, 0.15) is 12.5 Å². The molecule has 0 aliphatic carbocycles. The Hall–Kier alpha value is -2.05. The summed E-state index contributed by atoms with van der Waals surface area (Å²) in [5, 5.41) is 7.14. The Labute approximate surface area is 102 Å². The first-order chi connectivity index (χ1) is 8.75. The predicted octanol–water partition coefficient (Wildman–Crippen LogP) is 1.96. The molecule has 1 aliphatic heterocycles. The van der Waals surface area contributed by atoms with Gasteiger partial charge in [-0.2, -0.15) is 4.98 Å². The van der Waals surface area contributed by atoms with Crippen molar-refractivity contribution < 1.29 is 8.78 Å². The van der Waals surface area contributed by atoms with Gasteiger partial charge in [0.1, 0.15) is 6.04 Å². The molecule has 0 fully saturated rings. The number of halogens is 2. The standard InChI is InChI=1S/C11H11F2N5/c12-9(13)8-3-6-15-11-16-10(17-18(8)11)7-1-4-14-5-2-7/h1-2,4-5,8-9H,3,6H2,(H,15,16,17). The van der Waals surface area contributed by atoms with Gasteiger partial charge in [0.25, 0.3) is 6.43 Å². The Morgan fingerprint density at radius 3 is 2.83 bits per heavy atom. The third-order valence-electron chi connectivity index (χ3n) is 2.90. The van der Waals surface area contributed by atoms with E-state index in [2.05, 4.69) is 20.4 Å². The van der Waals surface area contributed by atoms with Crippen LogP contribution >= 0.6 is 0 Å². The van der Waals surface area contributed by atoms with Crippen LogP contribution in [0.4, 0.5) is 14.7 Å². The quantitative estimate of drug-likeness (QED) is 0.886. The van der Waals surface area contributed by atoms with E-state index in [1.54, 1.807) is 24.5 Å². The predicted molar refractivity (Wildman–Crippen MR) is 61.4 cm³/mol. The number of nitrogens with one attached hydrogen (secondary N) is 1. The maximum Gasteiger partial charge on any atom is 0.260 e. The maximum absolute atomic E-state index is 12.9. The van der Waals surface area contributed by atoms with E-state index in [4.69, 9.17) is 0 Å². The molecule has 2 aromatic rings. The average Bonchev–Trinajstić information content (AvgIpc) is 2.83. The minimum absolute atomic E-state index is 0.351. The number of fused-ring (bicyclic) bond motifs is 1. The number of anilines is 1. The SMILES string of the molecule is FC(F)C1CCNc2nc(-c3ccncc3)nn21. The van der Waals surface area contributed by atoms with Gasteiger partial charge >= 0.3 is 0 Å². The first kappa shape index (κ1) is 11.1. The Morgan fingerprint density at radius 2 is 2.11 bits per heavy atom. The lowest BCUT2D eigenvalue weighted by Gasteiger charge is -2.23. The van der Waals surface area contributed by atoms with Crippen molar-refractivity contribution in [3.8, 4) is 11.4 Å². The van der Waals surface area contributed by atoms with Crippen molar-refractivity contribution in [3.05, 3.63) is 24.5 Å². The number of alkyl halides is 2. The highest BCUT2D eigenvalue weighted by atomic mass is 19.3. The molecule has 5 nitrogen and oxygen atoms in total. The number of rotatable bonds is 2. The van der Waals surface area contributed by atoms with Gasteiger partial charge in [0, 0.05) is 24.5 Å². The fourth-order valence-corrected chi connectivity index (χ4v) is 1.99. The summed E-state index contributed by atoms with van der Waals surface area (Å²) < 4.78 is 27.1. The molecular formula is C11H11F2N5. The van der Waals surface area contributed by atoms with Crippen LogP contribution in [0.2, 0.25) is 0 Å². The van der Waals surface area contributed by atoms with Crippen molar-refractivity contribution in [3.63, 3.8) is 0 Å². The van der Waals surface area contributed by atoms with Crippen LogP contribution in [0.5, 0.6) is 0 Å². The molecule has 0 bridgehead atoms. The van der Waals surface area contributed by atoms with Gasteiger partial charge in [-0.05, 0) is 18.6 Å². The summed E-state index contributed by atoms with van der Waals surface area (Å²) in [6.07, 6.45) is 1.16. The molecule has 0 amide bonds. The second-order valence-electron chi connectivity index (χ2n) is 4.06. The fourth-order valence-electron chi connectivity index (χ4n) is 1.99. The molecule has 18 heavy (non-hydrogen) atoms. The number of aromatic nitrogens is 4. The molecule has 0 aromatic carbocycles. The van der Waals surface area contributed by atoms with E-state index in [1.165, 1.54) is 4.68 Å². The molecule has 7 heteroatoms. The second kappa shape index (κ2) is 4.32. The summed E-state index contributed by atoms with van der Waals surface area (Å²) in [7, 11) is 0. The third-order valence-corrected chi connectivity index (χ3v) is 2.90. The molecule has 3 heterocycles. The van der Waals surface area contributed by atoms with E-state index >= 15 is 0 Å². The van der Waals surface area contributed by atoms with Gasteiger partial charge in [-0.25, -0.2) is 13.5 Å². The van der Waals surface area contributed by atoms with Gasteiger partial charge in [-0.3, -0.25) is 4.98 Å². The smallest absolute Gasteiger partial charge is 0.260 e. The lowest BCUT2D eigenvalue weighted by atomic mass is 10.2. The van der Waals surface area contributed by atoms with Crippen LogP contribution in [-0.4, -0.2) is 32.7 Å². The summed E-state index contributed by atoms with van der Waals surface area (Å²) in [6, 6.07) is 2.60. The Kier molecular flexibility index (Phi) is 2.66. The minimum Gasteiger partial charge on any atom is -0.354 e. The summed E-state index contributed by atoms with van der Waals surface area (Å²) in [4.78, 5) is 8.13. The number of hydrogen-bond acceptors (Lipinski definition) is 4. The van der Waals surface area contributed by atoms with Crippen molar-refractivity contribution in [1.29, 1.82) is 0 Å². The molecule has 94 valence electrons. The highest BCUT2D eigenvalue weighted by Crippen LogP contribution is 2.29. The zero-order chi connectivity index (χ0) is 12.5. The summed E-state index contributed by atoms with van der Waals surface area (Å²) in [5.74, 6) is 0.839.